The van der Waals surface area contributed by atoms with Gasteiger partial charge in [0, 0.05) is 23.5 Å². The van der Waals surface area contributed by atoms with Gasteiger partial charge in [0.15, 0.2) is 0 Å². The third-order valence-corrected chi connectivity index (χ3v) is 12.8. The molecule has 2 atom stereocenters. The van der Waals surface area contributed by atoms with Gasteiger partial charge in [-0.15, -0.1) is 69.6 Å². The van der Waals surface area contributed by atoms with Gasteiger partial charge in [0.2, 0.25) is 0 Å². The summed E-state index contributed by atoms with van der Waals surface area (Å²) >= 11 is 35.3. The Bertz CT molecular complexity index is 1740. The topological polar surface area (TPSA) is 112 Å². The highest BCUT2D eigenvalue weighted by Crippen LogP contribution is 2.43. The Labute approximate surface area is 338 Å². The molecule has 0 aliphatic heterocycles. The van der Waals surface area contributed by atoms with Gasteiger partial charge in [0.05, 0.1) is 62.1 Å². The molecular weight excluding hydrogens is 808 g/mol. The number of nitrogens with zero attached hydrogens (tertiary/aromatic N) is 1. The van der Waals surface area contributed by atoms with Crippen molar-refractivity contribution in [1.82, 2.24) is 4.57 Å². The molecule has 0 spiro atoms. The lowest BCUT2D eigenvalue weighted by Crippen LogP contribution is -2.52. The Hall–Kier alpha value is -2.53. The zero-order chi connectivity index (χ0) is 39.0. The maximum atomic E-state index is 14.0. The number of para-hydroxylation sites is 1. The van der Waals surface area contributed by atoms with E-state index >= 15 is 0 Å². The van der Waals surface area contributed by atoms with Crippen LogP contribution in [0.4, 0.5) is 10.1 Å². The summed E-state index contributed by atoms with van der Waals surface area (Å²) in [4.78, 5) is 25.0. The van der Waals surface area contributed by atoms with Crippen molar-refractivity contribution in [2.45, 2.75) is 90.0 Å². The Kier molecular flexibility index (Phi) is 16.2. The van der Waals surface area contributed by atoms with Crippen LogP contribution in [0.25, 0.3) is 22.4 Å². The number of benzene rings is 3. The highest BCUT2D eigenvalue weighted by Gasteiger charge is 2.47. The number of hydrogen-bond donors (Lipinski definition) is 4. The first kappa shape index (κ1) is 43.2. The molecule has 4 aromatic rings. The second-order valence-electron chi connectivity index (χ2n) is 13.1. The van der Waals surface area contributed by atoms with Crippen molar-refractivity contribution < 1.29 is 29.3 Å². The van der Waals surface area contributed by atoms with Crippen LogP contribution in [0.5, 0.6) is 0 Å². The molecule has 14 heteroatoms. The van der Waals surface area contributed by atoms with E-state index < -0.39 is 56.9 Å². The van der Waals surface area contributed by atoms with Crippen molar-refractivity contribution >= 4 is 87.2 Å². The van der Waals surface area contributed by atoms with Crippen molar-refractivity contribution in [3.8, 4) is 22.4 Å². The number of halogens is 7. The molecule has 5 rings (SSSR count). The van der Waals surface area contributed by atoms with Crippen LogP contribution in [0.2, 0.25) is 0 Å². The summed E-state index contributed by atoms with van der Waals surface area (Å²) in [6, 6.07) is 24.8. The van der Waals surface area contributed by atoms with Crippen LogP contribution in [0.15, 0.2) is 84.9 Å². The molecule has 1 amide bonds. The van der Waals surface area contributed by atoms with E-state index in [4.69, 9.17) is 74.7 Å². The number of carbonyl (C=O) groups excluding carboxylic acids is 1. The van der Waals surface area contributed by atoms with Crippen LogP contribution in [-0.4, -0.2) is 76.2 Å². The van der Waals surface area contributed by atoms with Crippen LogP contribution < -0.4 is 5.32 Å². The van der Waals surface area contributed by atoms with Crippen molar-refractivity contribution in [3.63, 3.8) is 0 Å². The standard InChI is InChI=1S/C33H35FN2O5.C6H6Cl6/c1-21(2)31-30(33(41)35-25-11-7-4-8-12-25)29(22-9-5-3-6-10-22)32(23-13-15-24(34)16-14-23)36(31)18-17-26(37)19-27(38)20-28(39)40;7-1-2(8)4(10)6(12)5(11)3(1)9/h3-16,21,26-27,37-38H,17-20H2,1-2H3,(H,35,41)(H,39,40);1-6H/t26-,27-;1-,2-,3-,4+,5+,6+/m1./s1. The predicted octanol–water partition coefficient (Wildman–Crippen LogP) is 9.96. The first-order chi connectivity index (χ1) is 25.1. The lowest BCUT2D eigenvalue weighted by atomic mass is 9.94. The molecule has 0 radical (unpaired) electrons. The van der Waals surface area contributed by atoms with E-state index in [2.05, 4.69) is 5.32 Å². The molecular formula is C39H41Cl6FN2O5. The quantitative estimate of drug-likeness (QED) is 0.106. The molecule has 1 saturated carbocycles. The van der Waals surface area contributed by atoms with Crippen LogP contribution in [0, 0.1) is 5.82 Å². The fraction of sp³-hybridized carbons (Fsp3) is 0.385. The molecule has 286 valence electrons. The molecule has 1 aromatic heterocycles. The molecule has 7 nitrogen and oxygen atoms in total. The first-order valence-corrected chi connectivity index (χ1v) is 19.6. The molecule has 53 heavy (non-hydrogen) atoms. The Morgan fingerprint density at radius 3 is 1.70 bits per heavy atom. The first-order valence-electron chi connectivity index (χ1n) is 17.0. The van der Waals surface area contributed by atoms with Gasteiger partial charge >= 0.3 is 5.97 Å². The molecule has 4 N–H and O–H groups in total. The van der Waals surface area contributed by atoms with E-state index in [1.54, 1.807) is 12.1 Å². The van der Waals surface area contributed by atoms with Crippen molar-refractivity contribution in [2.75, 3.05) is 5.32 Å². The molecule has 0 bridgehead atoms. The Balaban J connectivity index is 0.000000443. The summed E-state index contributed by atoms with van der Waals surface area (Å²) in [5, 5.41) is 30.2. The molecule has 1 aliphatic rings. The number of anilines is 1. The third kappa shape index (κ3) is 11.0. The predicted molar refractivity (Wildman–Crippen MR) is 215 cm³/mol. The van der Waals surface area contributed by atoms with Crippen molar-refractivity contribution in [2.24, 2.45) is 0 Å². The number of carboxylic acids is 1. The fourth-order valence-corrected chi connectivity index (χ4v) is 8.58. The number of rotatable bonds is 12. The second-order valence-corrected chi connectivity index (χ2v) is 16.1. The number of aliphatic carboxylic acids is 1. The summed E-state index contributed by atoms with van der Waals surface area (Å²) in [5.74, 6) is -1.93. The number of aliphatic hydroxyl groups excluding tert-OH is 2. The van der Waals surface area contributed by atoms with Gasteiger partial charge in [-0.1, -0.05) is 62.4 Å². The van der Waals surface area contributed by atoms with Crippen molar-refractivity contribution in [1.29, 1.82) is 0 Å². The van der Waals surface area contributed by atoms with Gasteiger partial charge in [-0.3, -0.25) is 9.59 Å². The van der Waals surface area contributed by atoms with Gasteiger partial charge in [-0.25, -0.2) is 4.39 Å². The number of amides is 1. The van der Waals surface area contributed by atoms with Gasteiger partial charge in [0.25, 0.3) is 5.91 Å². The zero-order valence-corrected chi connectivity index (χ0v) is 33.4. The Morgan fingerprint density at radius 2 is 1.23 bits per heavy atom. The smallest absolute Gasteiger partial charge is 0.305 e. The van der Waals surface area contributed by atoms with E-state index in [0.717, 1.165) is 11.3 Å². The highest BCUT2D eigenvalue weighted by atomic mass is 35.5. The molecule has 0 saturated heterocycles. The van der Waals surface area contributed by atoms with E-state index in [-0.39, 0.29) is 37.0 Å². The number of nitrogens with one attached hydrogen (secondary N) is 1. The lowest BCUT2D eigenvalue weighted by molar-refractivity contribution is -0.139. The normalized spacial score (nSPS) is 22.4. The van der Waals surface area contributed by atoms with E-state index in [9.17, 15) is 24.2 Å². The average Bonchev–Trinajstić information content (AvgIpc) is 3.48. The second kappa shape index (κ2) is 19.9. The number of alkyl halides is 6. The number of hydrogen-bond acceptors (Lipinski definition) is 4. The SMILES string of the molecule is CC(C)c1c(C(=O)Nc2ccccc2)c(-c2ccccc2)c(-c2ccc(F)cc2)n1CC[C@@H](O)C[C@@H](O)CC(=O)O.Cl[C@H]1[C@H](Cl)[C@@H](Cl)[C@@H](Cl)[C@H](Cl)[C@H]1Cl. The third-order valence-electron chi connectivity index (χ3n) is 8.75. The number of aliphatic hydroxyl groups is 2. The minimum Gasteiger partial charge on any atom is -0.481 e. The number of carboxylic acid groups (broad SMARTS) is 1. The van der Waals surface area contributed by atoms with E-state index in [0.29, 0.717) is 28.1 Å². The average molecular weight is 849 g/mol. The van der Waals surface area contributed by atoms with E-state index in [1.807, 2.05) is 79.1 Å². The van der Waals surface area contributed by atoms with Crippen LogP contribution >= 0.6 is 69.6 Å². The summed E-state index contributed by atoms with van der Waals surface area (Å²) in [7, 11) is 0. The molecule has 1 aliphatic carbocycles. The lowest BCUT2D eigenvalue weighted by Gasteiger charge is -2.37. The van der Waals surface area contributed by atoms with Crippen LogP contribution in [0.3, 0.4) is 0 Å². The monoisotopic (exact) mass is 846 g/mol. The van der Waals surface area contributed by atoms with Gasteiger partial charge in [-0.05, 0) is 66.3 Å². The molecule has 1 heterocycles. The number of carbonyl (C=O) groups is 2. The van der Waals surface area contributed by atoms with Crippen molar-refractivity contribution in [3.05, 3.63) is 102 Å². The molecule has 3 aromatic carbocycles. The van der Waals surface area contributed by atoms with Gasteiger partial charge in [-0.2, -0.15) is 0 Å². The maximum Gasteiger partial charge on any atom is 0.305 e. The highest BCUT2D eigenvalue weighted by molar-refractivity contribution is 6.45. The van der Waals surface area contributed by atoms with Gasteiger partial charge < -0.3 is 25.2 Å². The largest absolute Gasteiger partial charge is 0.481 e. The summed E-state index contributed by atoms with van der Waals surface area (Å²) in [5.41, 5.74) is 4.77. The maximum absolute atomic E-state index is 14.0. The van der Waals surface area contributed by atoms with E-state index in [1.165, 1.54) is 12.1 Å². The van der Waals surface area contributed by atoms with Gasteiger partial charge in [0.1, 0.15) is 5.82 Å². The molecule has 0 unspecified atom stereocenters. The zero-order valence-electron chi connectivity index (χ0n) is 28.9. The minimum absolute atomic E-state index is 0.0939. The summed E-state index contributed by atoms with van der Waals surface area (Å²) < 4.78 is 16.0. The summed E-state index contributed by atoms with van der Waals surface area (Å²) in [6.45, 7) is 4.25. The van der Waals surface area contributed by atoms with Crippen LogP contribution in [-0.2, 0) is 11.3 Å². The molecule has 1 fully saturated rings. The fourth-order valence-electron chi connectivity index (χ4n) is 6.26. The Morgan fingerprint density at radius 1 is 0.736 bits per heavy atom. The minimum atomic E-state index is -1.18. The number of aromatic nitrogens is 1. The summed E-state index contributed by atoms with van der Waals surface area (Å²) in [6.07, 6.45) is -2.51. The van der Waals surface area contributed by atoms with Crippen LogP contribution in [0.1, 0.15) is 55.1 Å².